The van der Waals surface area contributed by atoms with Gasteiger partial charge in [-0.1, -0.05) is 27.7 Å². The van der Waals surface area contributed by atoms with Crippen LogP contribution >= 0.6 is 0 Å². The van der Waals surface area contributed by atoms with Gasteiger partial charge in [0.2, 0.25) is 11.8 Å². The van der Waals surface area contributed by atoms with E-state index in [0.29, 0.717) is 40.8 Å². The zero-order chi connectivity index (χ0) is 46.5. The minimum absolute atomic E-state index is 0.0388. The fraction of sp³-hybridized carbons (Fsp3) is 0.542. The third-order valence-corrected chi connectivity index (χ3v) is 14.1. The molecule has 0 radical (unpaired) electrons. The molecule has 2 aliphatic carbocycles. The number of carbonyl (C=O) groups is 5. The van der Waals surface area contributed by atoms with Crippen LogP contribution in [0, 0.1) is 28.1 Å². The lowest BCUT2D eigenvalue weighted by Gasteiger charge is -2.63. The highest BCUT2D eigenvalue weighted by Gasteiger charge is 2.64. The van der Waals surface area contributed by atoms with E-state index in [9.17, 15) is 29.2 Å². The molecule has 65 heavy (non-hydrogen) atoms. The van der Waals surface area contributed by atoms with Crippen molar-refractivity contribution in [3.63, 3.8) is 0 Å². The van der Waals surface area contributed by atoms with Crippen LogP contribution in [0.5, 0.6) is 23.0 Å². The third kappa shape index (κ3) is 8.44. The molecule has 344 valence electrons. The van der Waals surface area contributed by atoms with Crippen LogP contribution in [0.4, 0.5) is 5.82 Å². The monoisotopic (exact) mass is 890 g/mol. The van der Waals surface area contributed by atoms with Gasteiger partial charge in [0.05, 0.1) is 43.3 Å². The first-order valence-electron chi connectivity index (χ1n) is 22.4. The van der Waals surface area contributed by atoms with Crippen LogP contribution in [-0.2, 0) is 9.59 Å². The molecule has 2 saturated heterocycles. The Morgan fingerprint density at radius 1 is 0.923 bits per heavy atom. The summed E-state index contributed by atoms with van der Waals surface area (Å²) in [6, 6.07) is 9.84. The van der Waals surface area contributed by atoms with Crippen LogP contribution < -0.4 is 34.5 Å². The molecule has 4 fully saturated rings. The number of rotatable bonds is 14. The average molecular weight is 891 g/mol. The first-order chi connectivity index (χ1) is 30.9. The summed E-state index contributed by atoms with van der Waals surface area (Å²) in [5, 5.41) is 14.8. The number of aromatic nitrogens is 2. The molecular formula is C48H58N8O9. The number of nitrogens with zero attached hydrogens (tertiary/aromatic N) is 6. The number of anilines is 1. The predicted octanol–water partition coefficient (Wildman–Crippen LogP) is 4.92. The van der Waals surface area contributed by atoms with Gasteiger partial charge in [0.15, 0.2) is 0 Å². The van der Waals surface area contributed by atoms with Crippen LogP contribution in [0.15, 0.2) is 42.7 Å². The van der Waals surface area contributed by atoms with E-state index in [1.54, 1.807) is 42.7 Å². The first kappa shape index (κ1) is 45.3. The topological polar surface area (TPSA) is 206 Å². The van der Waals surface area contributed by atoms with Gasteiger partial charge in [-0.05, 0) is 57.2 Å². The van der Waals surface area contributed by atoms with Crippen molar-refractivity contribution >= 4 is 35.4 Å². The molecule has 8 rings (SSSR count). The molecule has 3 aromatic rings. The largest absolute Gasteiger partial charge is 0.496 e. The smallest absolute Gasteiger partial charge is 0.271 e. The van der Waals surface area contributed by atoms with Gasteiger partial charge in [-0.15, -0.1) is 0 Å². The summed E-state index contributed by atoms with van der Waals surface area (Å²) in [6.45, 7) is 15.3. The van der Waals surface area contributed by atoms with Gasteiger partial charge in [0, 0.05) is 80.0 Å². The summed E-state index contributed by atoms with van der Waals surface area (Å²) in [7, 11) is 2.94. The quantitative estimate of drug-likeness (QED) is 0.206. The zero-order valence-electron chi connectivity index (χ0n) is 38.3. The highest BCUT2D eigenvalue weighted by atomic mass is 16.5. The fourth-order valence-corrected chi connectivity index (χ4v) is 10.9. The van der Waals surface area contributed by atoms with Crippen molar-refractivity contribution in [2.75, 3.05) is 38.8 Å². The number of ether oxygens (including phenoxy) is 4. The predicted molar refractivity (Wildman–Crippen MR) is 237 cm³/mol. The molecule has 0 unspecified atom stereocenters. The maximum atomic E-state index is 13.5. The van der Waals surface area contributed by atoms with E-state index in [1.807, 2.05) is 0 Å². The van der Waals surface area contributed by atoms with Crippen LogP contribution in [0.3, 0.4) is 0 Å². The molecule has 5 amide bonds. The fourth-order valence-electron chi connectivity index (χ4n) is 10.9. The lowest BCUT2D eigenvalue weighted by Crippen LogP contribution is -2.74. The molecule has 2 saturated carbocycles. The highest BCUT2D eigenvalue weighted by molar-refractivity contribution is 6.24. The van der Waals surface area contributed by atoms with E-state index in [4.69, 9.17) is 18.9 Å². The molecule has 17 nitrogen and oxygen atoms in total. The Hall–Kier alpha value is -6.28. The number of carbonyl (C=O) groups excluding carboxylic acids is 5. The summed E-state index contributed by atoms with van der Waals surface area (Å²) in [5.74, 6) is 0.277. The number of fused-ring (bicyclic) bond motifs is 1. The minimum atomic E-state index is -1.07. The maximum absolute atomic E-state index is 13.5. The van der Waals surface area contributed by atoms with Gasteiger partial charge in [-0.3, -0.25) is 39.1 Å². The van der Waals surface area contributed by atoms with Gasteiger partial charge in [-0.25, -0.2) is 9.97 Å². The maximum Gasteiger partial charge on any atom is 0.271 e. The van der Waals surface area contributed by atoms with Crippen molar-refractivity contribution < 1.29 is 42.9 Å². The standard InChI is InChI=1S/C48H58N8O9/c1-26(2)55(29-17-31(18-29)64-32-19-33-40(37(21-32)63-8)44(61)56(43(33)60)35-11-12-39(57)52-42(35)59)25-27-13-15-54(16-14-27)38-24-50-34(23-51-38)41(58)53-45-47(3,4)46(48(45,5)6)65-30-10-9-28(22-49)36(20-30)62-7/h9-10,19-21,23-24,26-27,29,31,35,45-46H,11-18,25H2,1-8H3,(H,53,58)(H,52,57,59)/t29?,31?,35-,45?,46?/m1/s1. The van der Waals surface area contributed by atoms with Crippen molar-refractivity contribution in [1.82, 2.24) is 30.4 Å². The van der Waals surface area contributed by atoms with Crippen molar-refractivity contribution in [1.29, 1.82) is 5.26 Å². The number of benzene rings is 2. The molecule has 4 heterocycles. The molecule has 2 aromatic carbocycles. The summed E-state index contributed by atoms with van der Waals surface area (Å²) < 4.78 is 23.7. The molecule has 5 aliphatic rings. The van der Waals surface area contributed by atoms with Crippen LogP contribution in [0.1, 0.15) is 117 Å². The van der Waals surface area contributed by atoms with Crippen molar-refractivity contribution in [3.8, 4) is 29.1 Å². The second kappa shape index (κ2) is 17.6. The Bertz CT molecular complexity index is 2400. The van der Waals surface area contributed by atoms with E-state index in [-0.39, 0.29) is 59.6 Å². The van der Waals surface area contributed by atoms with Gasteiger partial charge >= 0.3 is 0 Å². The lowest BCUT2D eigenvalue weighted by molar-refractivity contribution is -0.164. The Kier molecular flexibility index (Phi) is 12.3. The lowest BCUT2D eigenvalue weighted by atomic mass is 9.49. The number of nitriles is 1. The Balaban J connectivity index is 0.811. The number of nitrogens with one attached hydrogen (secondary N) is 2. The molecule has 3 aliphatic heterocycles. The van der Waals surface area contributed by atoms with Crippen LogP contribution in [0.25, 0.3) is 0 Å². The molecule has 0 bridgehead atoms. The van der Waals surface area contributed by atoms with E-state index < -0.39 is 40.5 Å². The van der Waals surface area contributed by atoms with E-state index in [0.717, 1.165) is 56.0 Å². The number of methoxy groups -OCH3 is 2. The van der Waals surface area contributed by atoms with Gasteiger partial charge in [-0.2, -0.15) is 5.26 Å². The van der Waals surface area contributed by atoms with E-state index in [2.05, 4.69) is 78.0 Å². The Morgan fingerprint density at radius 3 is 2.23 bits per heavy atom. The molecule has 1 atom stereocenters. The van der Waals surface area contributed by atoms with Crippen molar-refractivity contribution in [3.05, 3.63) is 65.1 Å². The second-order valence-corrected chi connectivity index (χ2v) is 19.4. The summed E-state index contributed by atoms with van der Waals surface area (Å²) in [6.07, 6.45) is 6.62. The molecule has 0 spiro atoms. The molecule has 1 aromatic heterocycles. The number of amides is 5. The summed E-state index contributed by atoms with van der Waals surface area (Å²) in [5.41, 5.74) is 0.0745. The van der Waals surface area contributed by atoms with Crippen molar-refractivity contribution in [2.45, 2.75) is 116 Å². The number of hydrogen-bond acceptors (Lipinski definition) is 14. The second-order valence-electron chi connectivity index (χ2n) is 19.4. The van der Waals surface area contributed by atoms with E-state index >= 15 is 0 Å². The average Bonchev–Trinajstić information content (AvgIpc) is 3.52. The van der Waals surface area contributed by atoms with Crippen LogP contribution in [-0.4, -0.2) is 120 Å². The first-order valence-corrected chi connectivity index (χ1v) is 22.4. The Labute approximate surface area is 379 Å². The summed E-state index contributed by atoms with van der Waals surface area (Å²) >= 11 is 0. The normalized spacial score (nSPS) is 24.7. The zero-order valence-corrected chi connectivity index (χ0v) is 38.3. The third-order valence-electron chi connectivity index (χ3n) is 14.1. The number of hydrogen-bond donors (Lipinski definition) is 2. The van der Waals surface area contributed by atoms with Crippen LogP contribution in [0.2, 0.25) is 0 Å². The highest BCUT2D eigenvalue weighted by Crippen LogP contribution is 2.55. The van der Waals surface area contributed by atoms with E-state index in [1.165, 1.54) is 14.2 Å². The van der Waals surface area contributed by atoms with Gasteiger partial charge in [0.25, 0.3) is 17.7 Å². The number of piperidine rings is 2. The molecular weight excluding hydrogens is 833 g/mol. The van der Waals surface area contributed by atoms with Crippen molar-refractivity contribution in [2.24, 2.45) is 16.7 Å². The van der Waals surface area contributed by atoms with Gasteiger partial charge < -0.3 is 29.2 Å². The van der Waals surface area contributed by atoms with Gasteiger partial charge in [0.1, 0.15) is 58.8 Å². The summed E-state index contributed by atoms with van der Waals surface area (Å²) in [4.78, 5) is 79.6. The SMILES string of the molecule is COc1cc(OC2C(C)(C)C(NC(=O)c3cnc(N4CCC(CN(C(C)C)C5CC(Oc6cc(OC)c7c(c6)C(=O)N([C@@H]6CCC(=O)NC6=O)C7=O)C5)CC4)cn3)C2(C)C)ccc1C#N. The number of imide groups is 2. The molecule has 2 N–H and O–H groups in total. The Morgan fingerprint density at radius 2 is 1.62 bits per heavy atom. The molecule has 17 heteroatoms. The minimum Gasteiger partial charge on any atom is -0.496 e.